The zero-order valence-electron chi connectivity index (χ0n) is 17.6. The van der Waals surface area contributed by atoms with Crippen molar-refractivity contribution in [2.45, 2.75) is 26.4 Å². The van der Waals surface area contributed by atoms with Gasteiger partial charge in [0, 0.05) is 32.3 Å². The van der Waals surface area contributed by atoms with Crippen LogP contribution in [0.5, 0.6) is 0 Å². The summed E-state index contributed by atoms with van der Waals surface area (Å²) in [7, 11) is 0.204. The second-order valence-electron chi connectivity index (χ2n) is 7.10. The summed E-state index contributed by atoms with van der Waals surface area (Å²) in [6.45, 7) is 2.48. The van der Waals surface area contributed by atoms with Gasteiger partial charge in [-0.3, -0.25) is 18.6 Å². The number of ether oxygens (including phenoxy) is 2. The minimum Gasteiger partial charge on any atom is -0.469 e. The largest absolute Gasteiger partial charge is 0.478 e. The van der Waals surface area contributed by atoms with Crippen molar-refractivity contribution in [2.24, 2.45) is 5.41 Å². The molecule has 2 N–H and O–H groups in total. The number of likely N-dealkylation sites (N-methyl/N-ethyl adjacent to an activating group) is 1. The molecule has 1 fully saturated rings. The molecule has 1 heterocycles. The van der Waals surface area contributed by atoms with E-state index in [1.807, 2.05) is 0 Å². The van der Waals surface area contributed by atoms with Crippen molar-refractivity contribution in [2.75, 3.05) is 41.1 Å². The predicted molar refractivity (Wildman–Crippen MR) is 104 cm³/mol. The molecule has 0 aromatic rings. The maximum Gasteiger partial charge on any atom is 0.478 e. The Morgan fingerprint density at radius 1 is 1.33 bits per heavy atom. The van der Waals surface area contributed by atoms with E-state index in [4.69, 9.17) is 23.7 Å². The first-order valence-electron chi connectivity index (χ1n) is 8.93. The van der Waals surface area contributed by atoms with Crippen molar-refractivity contribution in [3.63, 3.8) is 0 Å². The van der Waals surface area contributed by atoms with E-state index < -0.39 is 44.0 Å². The van der Waals surface area contributed by atoms with Crippen LogP contribution in [0, 0.1) is 10.8 Å². The van der Waals surface area contributed by atoms with E-state index in [2.05, 4.69) is 10.1 Å². The van der Waals surface area contributed by atoms with Crippen LogP contribution in [0.4, 0.5) is 0 Å². The first-order chi connectivity index (χ1) is 14.0. The number of nitrogens with one attached hydrogen (secondary N) is 2. The standard InChI is InChI=1S/C17H28N3O9P/c1-17(2)10-27-30(24,28-11-26-16(23)12(6-8-18)20(3)4)29-14(17)15(22)19-9-7-13(21)25-5/h6,8,14,18H,7,9-11H2,1-5H3,(H,19,22)/b12-6-,18-8?/t14-,30+/m0/s1. The van der Waals surface area contributed by atoms with Gasteiger partial charge < -0.3 is 25.1 Å². The highest BCUT2D eigenvalue weighted by Gasteiger charge is 2.49. The smallest absolute Gasteiger partial charge is 0.469 e. The summed E-state index contributed by atoms with van der Waals surface area (Å²) in [4.78, 5) is 37.0. The Kier molecular flexibility index (Phi) is 9.63. The highest BCUT2D eigenvalue weighted by molar-refractivity contribution is 7.48. The molecule has 1 saturated heterocycles. The molecule has 0 aromatic heterocycles. The molecule has 12 nitrogen and oxygen atoms in total. The molecular weight excluding hydrogens is 421 g/mol. The Labute approximate surface area is 174 Å². The average molecular weight is 449 g/mol. The van der Waals surface area contributed by atoms with Crippen LogP contribution in [0.15, 0.2) is 11.8 Å². The molecule has 0 spiro atoms. The molecule has 0 bridgehead atoms. The normalized spacial score (nSPS) is 23.2. The van der Waals surface area contributed by atoms with Crippen LogP contribution in [0.1, 0.15) is 20.3 Å². The van der Waals surface area contributed by atoms with E-state index in [0.29, 0.717) is 0 Å². The SMILES string of the molecule is COC(=O)CCNC(=O)[C@@H]1O[P@@](=O)(OCOC(=O)/C(=C/C=N)N(C)C)OCC1(C)C. The van der Waals surface area contributed by atoms with Gasteiger partial charge in [-0.15, -0.1) is 0 Å². The van der Waals surface area contributed by atoms with Gasteiger partial charge in [0.1, 0.15) is 5.70 Å². The van der Waals surface area contributed by atoms with Gasteiger partial charge in [-0.1, -0.05) is 13.8 Å². The summed E-state index contributed by atoms with van der Waals surface area (Å²) in [5, 5.41) is 9.57. The molecule has 13 heteroatoms. The quantitative estimate of drug-likeness (QED) is 0.161. The second-order valence-corrected chi connectivity index (χ2v) is 8.73. The summed E-state index contributed by atoms with van der Waals surface area (Å²) in [5.74, 6) is -1.91. The number of amides is 1. The van der Waals surface area contributed by atoms with Crippen molar-refractivity contribution < 1.29 is 42.0 Å². The summed E-state index contributed by atoms with van der Waals surface area (Å²) in [6, 6.07) is 0. The number of phosphoric acid groups is 1. The van der Waals surface area contributed by atoms with Gasteiger partial charge in [0.25, 0.3) is 0 Å². The van der Waals surface area contributed by atoms with Gasteiger partial charge in [0.05, 0.1) is 20.1 Å². The van der Waals surface area contributed by atoms with E-state index in [0.717, 1.165) is 6.21 Å². The third-order valence-electron chi connectivity index (χ3n) is 3.97. The lowest BCUT2D eigenvalue weighted by Gasteiger charge is -2.39. The van der Waals surface area contributed by atoms with E-state index in [1.54, 1.807) is 27.9 Å². The number of carbonyl (C=O) groups excluding carboxylic acids is 3. The Morgan fingerprint density at radius 3 is 2.57 bits per heavy atom. The molecule has 0 saturated carbocycles. The molecule has 1 aliphatic heterocycles. The van der Waals surface area contributed by atoms with Crippen molar-refractivity contribution in [1.29, 1.82) is 5.41 Å². The molecule has 170 valence electrons. The topological polar surface area (TPSA) is 154 Å². The minimum atomic E-state index is -4.19. The molecule has 1 amide bonds. The van der Waals surface area contributed by atoms with E-state index in [1.165, 1.54) is 18.1 Å². The average Bonchev–Trinajstić information content (AvgIpc) is 2.67. The lowest BCUT2D eigenvalue weighted by atomic mass is 9.87. The van der Waals surface area contributed by atoms with E-state index in [9.17, 15) is 18.9 Å². The fourth-order valence-corrected chi connectivity index (χ4v) is 3.78. The molecule has 0 radical (unpaired) electrons. The van der Waals surface area contributed by atoms with Gasteiger partial charge in [0.2, 0.25) is 12.7 Å². The number of methoxy groups -OCH3 is 1. The Morgan fingerprint density at radius 2 is 2.00 bits per heavy atom. The Hall–Kier alpha value is -2.27. The maximum absolute atomic E-state index is 12.7. The summed E-state index contributed by atoms with van der Waals surface area (Å²) < 4.78 is 37.5. The van der Waals surface area contributed by atoms with Crippen LogP contribution in [0.3, 0.4) is 0 Å². The maximum atomic E-state index is 12.7. The second kappa shape index (κ2) is 11.2. The minimum absolute atomic E-state index is 0.0116. The number of carbonyl (C=O) groups is 3. The third-order valence-corrected chi connectivity index (χ3v) is 5.30. The first-order valence-corrected chi connectivity index (χ1v) is 10.4. The fraction of sp³-hybridized carbons (Fsp3) is 0.647. The van der Waals surface area contributed by atoms with Gasteiger partial charge >= 0.3 is 19.8 Å². The highest BCUT2D eigenvalue weighted by atomic mass is 31.2. The van der Waals surface area contributed by atoms with Gasteiger partial charge in [0.15, 0.2) is 6.10 Å². The van der Waals surface area contributed by atoms with Gasteiger partial charge in [-0.2, -0.15) is 0 Å². The number of phosphoric ester groups is 1. The Bertz CT molecular complexity index is 736. The van der Waals surface area contributed by atoms with Crippen LogP contribution >= 0.6 is 7.82 Å². The third kappa shape index (κ3) is 7.52. The number of hydrogen-bond acceptors (Lipinski definition) is 11. The van der Waals surface area contributed by atoms with Crippen molar-refractivity contribution in [3.05, 3.63) is 11.8 Å². The lowest BCUT2D eigenvalue weighted by molar-refractivity contribution is -0.153. The summed E-state index contributed by atoms with van der Waals surface area (Å²) >= 11 is 0. The van der Waals surface area contributed by atoms with Crippen LogP contribution in [0.2, 0.25) is 0 Å². The number of nitrogens with zero attached hydrogens (tertiary/aromatic N) is 1. The number of rotatable bonds is 10. The fourth-order valence-electron chi connectivity index (χ4n) is 2.27. The monoisotopic (exact) mass is 449 g/mol. The molecule has 1 aliphatic rings. The molecule has 2 atom stereocenters. The predicted octanol–water partition coefficient (Wildman–Crippen LogP) is 0.828. The van der Waals surface area contributed by atoms with Crippen molar-refractivity contribution in [3.8, 4) is 0 Å². The van der Waals surface area contributed by atoms with Crippen molar-refractivity contribution in [1.82, 2.24) is 10.2 Å². The van der Waals surface area contributed by atoms with E-state index >= 15 is 0 Å². The van der Waals surface area contributed by atoms with Crippen LogP contribution in [0.25, 0.3) is 0 Å². The molecule has 0 aliphatic carbocycles. The lowest BCUT2D eigenvalue weighted by Crippen LogP contribution is -2.50. The first kappa shape index (κ1) is 25.8. The molecule has 30 heavy (non-hydrogen) atoms. The number of hydrogen-bond donors (Lipinski definition) is 2. The van der Waals surface area contributed by atoms with Crippen LogP contribution in [-0.2, 0) is 42.0 Å². The zero-order valence-corrected chi connectivity index (χ0v) is 18.5. The number of esters is 2. The van der Waals surface area contributed by atoms with Gasteiger partial charge in [-0.25, -0.2) is 13.9 Å². The Balaban J connectivity index is 2.69. The summed E-state index contributed by atoms with van der Waals surface area (Å²) in [5.41, 5.74) is -0.768. The highest BCUT2D eigenvalue weighted by Crippen LogP contribution is 2.57. The van der Waals surface area contributed by atoms with Crippen LogP contribution in [-0.4, -0.2) is 76.2 Å². The zero-order chi connectivity index (χ0) is 22.9. The van der Waals surface area contributed by atoms with Gasteiger partial charge in [-0.05, 0) is 6.08 Å². The number of allylic oxidation sites excluding steroid dienone is 1. The molecule has 0 unspecified atom stereocenters. The molecule has 1 rings (SSSR count). The van der Waals surface area contributed by atoms with Crippen molar-refractivity contribution >= 4 is 31.9 Å². The van der Waals surface area contributed by atoms with Crippen LogP contribution < -0.4 is 5.32 Å². The molecule has 0 aromatic carbocycles. The summed E-state index contributed by atoms with van der Waals surface area (Å²) in [6.07, 6.45) is 0.904. The van der Waals surface area contributed by atoms with E-state index in [-0.39, 0.29) is 25.3 Å². The molecular formula is C17H28N3O9P.